The van der Waals surface area contributed by atoms with Crippen molar-refractivity contribution in [2.24, 2.45) is 17.8 Å². The van der Waals surface area contributed by atoms with Crippen LogP contribution in [0.4, 0.5) is 13.2 Å². The van der Waals surface area contributed by atoms with Crippen LogP contribution in [0.1, 0.15) is 19.3 Å². The average Bonchev–Trinajstić information content (AvgIpc) is 2.87. The Morgan fingerprint density at radius 1 is 1.32 bits per heavy atom. The minimum absolute atomic E-state index is 0.0327. The first-order valence-electron chi connectivity index (χ1n) is 6.04. The van der Waals surface area contributed by atoms with Gasteiger partial charge in [-0.25, -0.2) is 4.79 Å². The summed E-state index contributed by atoms with van der Waals surface area (Å²) in [5.74, 6) is -2.32. The summed E-state index contributed by atoms with van der Waals surface area (Å²) in [6, 6.07) is -1.91. The first kappa shape index (κ1) is 13.9. The second-order valence-corrected chi connectivity index (χ2v) is 5.11. The van der Waals surface area contributed by atoms with Crippen molar-refractivity contribution in [1.82, 2.24) is 5.32 Å². The van der Waals surface area contributed by atoms with E-state index >= 15 is 0 Å². The molecule has 2 aliphatic rings. The summed E-state index contributed by atoms with van der Waals surface area (Å²) in [4.78, 5) is 22.6. The quantitative estimate of drug-likeness (QED) is 0.769. The molecule has 7 heteroatoms. The molecule has 1 saturated carbocycles. The number of carbonyl (C=O) groups is 2. The Balaban J connectivity index is 1.96. The smallest absolute Gasteiger partial charge is 0.391 e. The Morgan fingerprint density at radius 3 is 2.42 bits per heavy atom. The molecular formula is C12H14F3NO3. The number of halogens is 3. The Labute approximate surface area is 107 Å². The number of rotatable bonds is 4. The van der Waals surface area contributed by atoms with Gasteiger partial charge in [-0.05, 0) is 24.7 Å². The van der Waals surface area contributed by atoms with E-state index in [-0.39, 0.29) is 5.92 Å². The van der Waals surface area contributed by atoms with E-state index in [1.54, 1.807) is 0 Å². The largest absolute Gasteiger partial charge is 0.480 e. The predicted molar refractivity (Wildman–Crippen MR) is 59.1 cm³/mol. The monoisotopic (exact) mass is 277 g/mol. The summed E-state index contributed by atoms with van der Waals surface area (Å²) >= 11 is 0. The van der Waals surface area contributed by atoms with Gasteiger partial charge in [-0.1, -0.05) is 12.2 Å². The standard InChI is InChI=1S/C12H14F3NO3/c13-12(14,15)5-9(11(18)19)16-10(17)8-4-6-1-2-7(8)3-6/h1-2,6-9H,3-5H2,(H,16,17)(H,18,19). The van der Waals surface area contributed by atoms with Gasteiger partial charge >= 0.3 is 12.1 Å². The summed E-state index contributed by atoms with van der Waals surface area (Å²) in [5.41, 5.74) is 0. The third-order valence-corrected chi connectivity index (χ3v) is 3.67. The van der Waals surface area contributed by atoms with Crippen molar-refractivity contribution in [1.29, 1.82) is 0 Å². The Kier molecular flexibility index (Phi) is 3.56. The summed E-state index contributed by atoms with van der Waals surface area (Å²) in [6.45, 7) is 0. The molecule has 0 aromatic rings. The lowest BCUT2D eigenvalue weighted by molar-refractivity contribution is -0.160. The predicted octanol–water partition coefficient (Wildman–Crippen LogP) is 1.72. The molecule has 2 N–H and O–H groups in total. The van der Waals surface area contributed by atoms with Gasteiger partial charge in [0.05, 0.1) is 6.42 Å². The second-order valence-electron chi connectivity index (χ2n) is 5.11. The van der Waals surface area contributed by atoms with E-state index in [1.807, 2.05) is 17.5 Å². The molecule has 4 nitrogen and oxygen atoms in total. The van der Waals surface area contributed by atoms with Crippen molar-refractivity contribution in [2.45, 2.75) is 31.5 Å². The Morgan fingerprint density at radius 2 is 2.00 bits per heavy atom. The summed E-state index contributed by atoms with van der Waals surface area (Å²) in [5, 5.41) is 10.7. The van der Waals surface area contributed by atoms with Crippen LogP contribution in [-0.4, -0.2) is 29.2 Å². The Bertz CT molecular complexity index is 419. The fourth-order valence-electron chi connectivity index (χ4n) is 2.79. The third kappa shape index (κ3) is 3.27. The zero-order valence-corrected chi connectivity index (χ0v) is 9.98. The molecule has 0 radical (unpaired) electrons. The van der Waals surface area contributed by atoms with Gasteiger partial charge in [-0.3, -0.25) is 4.79 Å². The SMILES string of the molecule is O=C(O)C(CC(F)(F)F)NC(=O)C1CC2C=CC1C2. The molecule has 1 amide bonds. The Hall–Kier alpha value is -1.53. The van der Waals surface area contributed by atoms with E-state index in [0.29, 0.717) is 12.3 Å². The number of carboxylic acid groups (broad SMARTS) is 1. The van der Waals surface area contributed by atoms with E-state index in [2.05, 4.69) is 0 Å². The zero-order valence-electron chi connectivity index (χ0n) is 9.98. The molecular weight excluding hydrogens is 263 g/mol. The molecule has 106 valence electrons. The number of amides is 1. The molecule has 0 heterocycles. The van der Waals surface area contributed by atoms with Gasteiger partial charge in [0.1, 0.15) is 6.04 Å². The summed E-state index contributed by atoms with van der Waals surface area (Å²) < 4.78 is 36.7. The summed E-state index contributed by atoms with van der Waals surface area (Å²) in [7, 11) is 0. The first-order chi connectivity index (χ1) is 8.76. The fourth-order valence-corrected chi connectivity index (χ4v) is 2.79. The topological polar surface area (TPSA) is 66.4 Å². The number of carboxylic acids is 1. The molecule has 0 aliphatic heterocycles. The lowest BCUT2D eigenvalue weighted by atomic mass is 9.92. The van der Waals surface area contributed by atoms with Crippen LogP contribution in [-0.2, 0) is 9.59 Å². The van der Waals surface area contributed by atoms with E-state index < -0.39 is 36.4 Å². The van der Waals surface area contributed by atoms with E-state index in [0.717, 1.165) is 6.42 Å². The van der Waals surface area contributed by atoms with Crippen molar-refractivity contribution in [2.75, 3.05) is 0 Å². The van der Waals surface area contributed by atoms with Gasteiger partial charge in [0, 0.05) is 5.92 Å². The van der Waals surface area contributed by atoms with Crippen LogP contribution in [0.15, 0.2) is 12.2 Å². The number of allylic oxidation sites excluding steroid dienone is 2. The van der Waals surface area contributed by atoms with Gasteiger partial charge < -0.3 is 10.4 Å². The maximum Gasteiger partial charge on any atom is 0.391 e. The minimum atomic E-state index is -4.62. The molecule has 0 saturated heterocycles. The van der Waals surface area contributed by atoms with Gasteiger partial charge in [-0.15, -0.1) is 0 Å². The van der Waals surface area contributed by atoms with Gasteiger partial charge in [0.25, 0.3) is 0 Å². The molecule has 0 aromatic carbocycles. The number of alkyl halides is 3. The van der Waals surface area contributed by atoms with Gasteiger partial charge in [0.2, 0.25) is 5.91 Å². The van der Waals surface area contributed by atoms with Crippen LogP contribution in [0.3, 0.4) is 0 Å². The van der Waals surface area contributed by atoms with Crippen LogP contribution in [0, 0.1) is 17.8 Å². The van der Waals surface area contributed by atoms with Crippen molar-refractivity contribution in [3.8, 4) is 0 Å². The highest BCUT2D eigenvalue weighted by Gasteiger charge is 2.42. The molecule has 4 unspecified atom stereocenters. The van der Waals surface area contributed by atoms with E-state index in [9.17, 15) is 22.8 Å². The maximum absolute atomic E-state index is 12.2. The molecule has 1 fully saturated rings. The van der Waals surface area contributed by atoms with Crippen molar-refractivity contribution in [3.05, 3.63) is 12.2 Å². The molecule has 0 aromatic heterocycles. The van der Waals surface area contributed by atoms with Gasteiger partial charge in [-0.2, -0.15) is 13.2 Å². The lowest BCUT2D eigenvalue weighted by Crippen LogP contribution is -2.46. The molecule has 0 spiro atoms. The van der Waals surface area contributed by atoms with Crippen LogP contribution in [0.2, 0.25) is 0 Å². The molecule has 2 rings (SSSR count). The van der Waals surface area contributed by atoms with Crippen molar-refractivity contribution in [3.63, 3.8) is 0 Å². The third-order valence-electron chi connectivity index (χ3n) is 3.67. The van der Waals surface area contributed by atoms with Crippen molar-refractivity contribution >= 4 is 11.9 Å². The highest BCUT2D eigenvalue weighted by atomic mass is 19.4. The van der Waals surface area contributed by atoms with Crippen LogP contribution >= 0.6 is 0 Å². The highest BCUT2D eigenvalue weighted by Crippen LogP contribution is 2.43. The van der Waals surface area contributed by atoms with Gasteiger partial charge in [0.15, 0.2) is 0 Å². The summed E-state index contributed by atoms with van der Waals surface area (Å²) in [6.07, 6.45) is -0.868. The van der Waals surface area contributed by atoms with Crippen molar-refractivity contribution < 1.29 is 27.9 Å². The number of aliphatic carboxylic acids is 1. The fraction of sp³-hybridized carbons (Fsp3) is 0.667. The van der Waals surface area contributed by atoms with Crippen LogP contribution in [0.25, 0.3) is 0 Å². The average molecular weight is 277 g/mol. The molecule has 4 atom stereocenters. The van der Waals surface area contributed by atoms with Crippen LogP contribution < -0.4 is 5.32 Å². The molecule has 2 aliphatic carbocycles. The van der Waals surface area contributed by atoms with E-state index in [1.165, 1.54) is 0 Å². The van der Waals surface area contributed by atoms with Crippen LogP contribution in [0.5, 0.6) is 0 Å². The molecule has 19 heavy (non-hydrogen) atoms. The maximum atomic E-state index is 12.2. The normalized spacial score (nSPS) is 30.4. The number of carbonyl (C=O) groups excluding carboxylic acids is 1. The first-order valence-corrected chi connectivity index (χ1v) is 6.04. The number of hydrogen-bond acceptors (Lipinski definition) is 2. The molecule has 2 bridgehead atoms. The lowest BCUT2D eigenvalue weighted by Gasteiger charge is -2.21. The number of nitrogens with one attached hydrogen (secondary N) is 1. The number of hydrogen-bond donors (Lipinski definition) is 2. The second kappa shape index (κ2) is 4.86. The highest BCUT2D eigenvalue weighted by molar-refractivity contribution is 5.85. The van der Waals surface area contributed by atoms with E-state index in [4.69, 9.17) is 5.11 Å². The number of fused-ring (bicyclic) bond motifs is 2. The minimum Gasteiger partial charge on any atom is -0.480 e. The zero-order chi connectivity index (χ0) is 14.2.